The van der Waals surface area contributed by atoms with Crippen molar-refractivity contribution in [2.24, 2.45) is 0 Å². The van der Waals surface area contributed by atoms with Crippen LogP contribution in [0.2, 0.25) is 0 Å². The molecule has 1 aromatic carbocycles. The molecule has 112 valence electrons. The first kappa shape index (κ1) is 16.7. The molecular formula is C17H27NO2. The summed E-state index contributed by atoms with van der Waals surface area (Å²) in [7, 11) is 1.74. The highest BCUT2D eigenvalue weighted by Crippen LogP contribution is 2.15. The second kappa shape index (κ2) is 6.89. The van der Waals surface area contributed by atoms with Gasteiger partial charge in [0.05, 0.1) is 5.60 Å². The molecule has 20 heavy (non-hydrogen) atoms. The maximum atomic E-state index is 12.0. The summed E-state index contributed by atoms with van der Waals surface area (Å²) in [6.07, 6.45) is 1.22. The molecule has 0 saturated heterocycles. The molecule has 0 bridgehead atoms. The first-order chi connectivity index (χ1) is 9.19. The zero-order valence-corrected chi connectivity index (χ0v) is 13.3. The molecule has 0 heterocycles. The predicted molar refractivity (Wildman–Crippen MR) is 82.8 cm³/mol. The number of benzene rings is 1. The highest BCUT2D eigenvalue weighted by molar-refractivity contribution is 5.76. The molecule has 1 rings (SSSR count). The third kappa shape index (κ3) is 5.74. The van der Waals surface area contributed by atoms with E-state index in [-0.39, 0.29) is 5.91 Å². The lowest BCUT2D eigenvalue weighted by Gasteiger charge is -2.25. The Kier molecular flexibility index (Phi) is 5.75. The van der Waals surface area contributed by atoms with Gasteiger partial charge in [0, 0.05) is 20.0 Å². The molecule has 0 fully saturated rings. The van der Waals surface area contributed by atoms with Gasteiger partial charge in [0.25, 0.3) is 0 Å². The van der Waals surface area contributed by atoms with Crippen molar-refractivity contribution in [3.8, 4) is 0 Å². The van der Waals surface area contributed by atoms with E-state index in [2.05, 4.69) is 38.1 Å². The Hall–Kier alpha value is -1.35. The number of hydrogen-bond donors (Lipinski definition) is 1. The summed E-state index contributed by atoms with van der Waals surface area (Å²) in [5, 5.41) is 9.71. The summed E-state index contributed by atoms with van der Waals surface area (Å²) >= 11 is 0. The lowest BCUT2D eigenvalue weighted by Crippen LogP contribution is -2.39. The minimum atomic E-state index is -0.844. The van der Waals surface area contributed by atoms with Gasteiger partial charge in [-0.25, -0.2) is 0 Å². The second-order valence-electron chi connectivity index (χ2n) is 6.46. The van der Waals surface area contributed by atoms with Gasteiger partial charge in [-0.3, -0.25) is 4.79 Å². The standard InChI is InChI=1S/C17H27NO2/c1-13(2)15-9-6-14(7-10-15)8-11-16(19)18(5)12-17(3,4)20/h6-7,9-10,13,20H,8,11-12H2,1-5H3. The number of hydrogen-bond acceptors (Lipinski definition) is 2. The SMILES string of the molecule is CC(C)c1ccc(CCC(=O)N(C)CC(C)(C)O)cc1. The summed E-state index contributed by atoms with van der Waals surface area (Å²) in [5.41, 5.74) is 1.65. The average molecular weight is 277 g/mol. The van der Waals surface area contributed by atoms with Crippen molar-refractivity contribution in [2.75, 3.05) is 13.6 Å². The van der Waals surface area contributed by atoms with E-state index >= 15 is 0 Å². The lowest BCUT2D eigenvalue weighted by atomic mass is 10.00. The lowest BCUT2D eigenvalue weighted by molar-refractivity contribution is -0.132. The van der Waals surface area contributed by atoms with Crippen LogP contribution in [0.1, 0.15) is 51.2 Å². The molecule has 0 atom stereocenters. The fourth-order valence-electron chi connectivity index (χ4n) is 2.18. The van der Waals surface area contributed by atoms with Gasteiger partial charge in [0.15, 0.2) is 0 Å². The first-order valence-electron chi connectivity index (χ1n) is 7.24. The smallest absolute Gasteiger partial charge is 0.222 e. The van der Waals surface area contributed by atoms with Crippen molar-refractivity contribution in [1.82, 2.24) is 4.90 Å². The maximum Gasteiger partial charge on any atom is 0.222 e. The molecule has 0 radical (unpaired) electrons. The zero-order valence-electron chi connectivity index (χ0n) is 13.3. The van der Waals surface area contributed by atoms with E-state index in [1.54, 1.807) is 25.8 Å². The Morgan fingerprint density at radius 2 is 1.80 bits per heavy atom. The van der Waals surface area contributed by atoms with Crippen LogP contribution in [-0.2, 0) is 11.2 Å². The van der Waals surface area contributed by atoms with E-state index in [1.165, 1.54) is 11.1 Å². The van der Waals surface area contributed by atoms with Gasteiger partial charge in [-0.15, -0.1) is 0 Å². The van der Waals surface area contributed by atoms with Gasteiger partial charge in [-0.05, 0) is 37.3 Å². The number of carbonyl (C=O) groups excluding carboxylic acids is 1. The molecule has 1 aromatic rings. The number of likely N-dealkylation sites (N-methyl/N-ethyl adjacent to an activating group) is 1. The normalized spacial score (nSPS) is 11.8. The average Bonchev–Trinajstić information content (AvgIpc) is 2.34. The molecule has 1 N–H and O–H groups in total. The van der Waals surface area contributed by atoms with Crippen LogP contribution in [0.15, 0.2) is 24.3 Å². The fourth-order valence-corrected chi connectivity index (χ4v) is 2.18. The molecule has 0 unspecified atom stereocenters. The van der Waals surface area contributed by atoms with Crippen molar-refractivity contribution in [3.63, 3.8) is 0 Å². The predicted octanol–water partition coefficient (Wildman–Crippen LogP) is 2.97. The van der Waals surface area contributed by atoms with E-state index < -0.39 is 5.60 Å². The van der Waals surface area contributed by atoms with Crippen molar-refractivity contribution < 1.29 is 9.90 Å². The second-order valence-corrected chi connectivity index (χ2v) is 6.46. The van der Waals surface area contributed by atoms with Gasteiger partial charge >= 0.3 is 0 Å². The van der Waals surface area contributed by atoms with Crippen LogP contribution in [0.25, 0.3) is 0 Å². The van der Waals surface area contributed by atoms with Crippen molar-refractivity contribution in [1.29, 1.82) is 0 Å². The van der Waals surface area contributed by atoms with Crippen LogP contribution < -0.4 is 0 Å². The minimum Gasteiger partial charge on any atom is -0.389 e. The van der Waals surface area contributed by atoms with Crippen LogP contribution >= 0.6 is 0 Å². The van der Waals surface area contributed by atoms with E-state index in [4.69, 9.17) is 0 Å². The Morgan fingerprint density at radius 3 is 2.25 bits per heavy atom. The quantitative estimate of drug-likeness (QED) is 0.868. The molecule has 0 spiro atoms. The molecular weight excluding hydrogens is 250 g/mol. The molecule has 0 aliphatic rings. The van der Waals surface area contributed by atoms with Crippen LogP contribution in [0.3, 0.4) is 0 Å². The van der Waals surface area contributed by atoms with Crippen molar-refractivity contribution >= 4 is 5.91 Å². The maximum absolute atomic E-state index is 12.0. The van der Waals surface area contributed by atoms with Gasteiger partial charge in [-0.2, -0.15) is 0 Å². The first-order valence-corrected chi connectivity index (χ1v) is 7.24. The number of carbonyl (C=O) groups is 1. The molecule has 3 heteroatoms. The summed E-state index contributed by atoms with van der Waals surface area (Å²) in [6.45, 7) is 8.12. The van der Waals surface area contributed by atoms with Crippen LogP contribution in [0.4, 0.5) is 0 Å². The molecule has 0 aliphatic heterocycles. The fraction of sp³-hybridized carbons (Fsp3) is 0.588. The van der Waals surface area contributed by atoms with Gasteiger partial charge in [0.2, 0.25) is 5.91 Å². The highest BCUT2D eigenvalue weighted by atomic mass is 16.3. The molecule has 3 nitrogen and oxygen atoms in total. The topological polar surface area (TPSA) is 40.5 Å². The minimum absolute atomic E-state index is 0.0695. The zero-order chi connectivity index (χ0) is 15.3. The summed E-state index contributed by atoms with van der Waals surface area (Å²) in [6, 6.07) is 8.45. The van der Waals surface area contributed by atoms with Gasteiger partial charge < -0.3 is 10.0 Å². The Balaban J connectivity index is 2.48. The van der Waals surface area contributed by atoms with E-state index in [0.717, 1.165) is 6.42 Å². The molecule has 0 aliphatic carbocycles. The van der Waals surface area contributed by atoms with Gasteiger partial charge in [0.1, 0.15) is 0 Å². The van der Waals surface area contributed by atoms with Gasteiger partial charge in [-0.1, -0.05) is 38.1 Å². The number of rotatable bonds is 6. The summed E-state index contributed by atoms with van der Waals surface area (Å²) in [4.78, 5) is 13.6. The third-order valence-electron chi connectivity index (χ3n) is 3.32. The van der Waals surface area contributed by atoms with E-state index in [1.807, 2.05) is 0 Å². The Morgan fingerprint density at radius 1 is 1.25 bits per heavy atom. The number of aryl methyl sites for hydroxylation is 1. The van der Waals surface area contributed by atoms with E-state index in [9.17, 15) is 9.90 Å². The van der Waals surface area contributed by atoms with Crippen LogP contribution in [0, 0.1) is 0 Å². The third-order valence-corrected chi connectivity index (χ3v) is 3.32. The largest absolute Gasteiger partial charge is 0.389 e. The molecule has 1 amide bonds. The number of amides is 1. The number of nitrogens with zero attached hydrogens (tertiary/aromatic N) is 1. The Bertz CT molecular complexity index is 429. The van der Waals surface area contributed by atoms with Crippen LogP contribution in [0.5, 0.6) is 0 Å². The number of aliphatic hydroxyl groups is 1. The van der Waals surface area contributed by atoms with Crippen molar-refractivity contribution in [3.05, 3.63) is 35.4 Å². The van der Waals surface area contributed by atoms with Crippen molar-refractivity contribution in [2.45, 2.75) is 52.1 Å². The monoisotopic (exact) mass is 277 g/mol. The molecule has 0 aromatic heterocycles. The highest BCUT2D eigenvalue weighted by Gasteiger charge is 2.18. The molecule has 0 saturated carbocycles. The van der Waals surface area contributed by atoms with E-state index in [0.29, 0.717) is 18.9 Å². The summed E-state index contributed by atoms with van der Waals surface area (Å²) < 4.78 is 0. The van der Waals surface area contributed by atoms with Crippen LogP contribution in [-0.4, -0.2) is 35.1 Å². The summed E-state index contributed by atoms with van der Waals surface area (Å²) in [5.74, 6) is 0.601. The Labute approximate surface area is 122 Å².